The number of hydrogen-bond acceptors (Lipinski definition) is 5. The van der Waals surface area contributed by atoms with E-state index in [4.69, 9.17) is 0 Å². The van der Waals surface area contributed by atoms with Gasteiger partial charge in [-0.25, -0.2) is 8.42 Å². The number of halogens is 4. The van der Waals surface area contributed by atoms with Crippen LogP contribution in [0.5, 0.6) is 0 Å². The standard InChI is InChI=1S/C14H8F4N2O5S/c15-11-6-3-9(7-12(11)20(22)23)19-13(21)8-1-4-10(5-2-8)26(24,25)14(16,17)18/h1-7H,(H,19,21). The third-order valence-corrected chi connectivity index (χ3v) is 4.63. The Hall–Kier alpha value is -3.02. The average Bonchev–Trinajstić information content (AvgIpc) is 2.55. The Kier molecular flexibility index (Phi) is 4.98. The van der Waals surface area contributed by atoms with Gasteiger partial charge in [-0.15, -0.1) is 0 Å². The number of nitrogens with zero attached hydrogens (tertiary/aromatic N) is 1. The molecule has 26 heavy (non-hydrogen) atoms. The van der Waals surface area contributed by atoms with E-state index >= 15 is 0 Å². The third kappa shape index (κ3) is 3.79. The van der Waals surface area contributed by atoms with Crippen molar-refractivity contribution in [3.63, 3.8) is 0 Å². The van der Waals surface area contributed by atoms with E-state index in [1.807, 2.05) is 0 Å². The lowest BCUT2D eigenvalue weighted by Gasteiger charge is -2.09. The van der Waals surface area contributed by atoms with E-state index in [0.29, 0.717) is 12.1 Å². The summed E-state index contributed by atoms with van der Waals surface area (Å²) < 4.78 is 73.0. The molecular weight excluding hydrogens is 384 g/mol. The Bertz CT molecular complexity index is 972. The topological polar surface area (TPSA) is 106 Å². The van der Waals surface area contributed by atoms with Crippen LogP contribution in [-0.4, -0.2) is 24.8 Å². The summed E-state index contributed by atoms with van der Waals surface area (Å²) >= 11 is 0. The zero-order valence-corrected chi connectivity index (χ0v) is 13.3. The monoisotopic (exact) mass is 392 g/mol. The van der Waals surface area contributed by atoms with Crippen molar-refractivity contribution in [3.05, 3.63) is 64.0 Å². The van der Waals surface area contributed by atoms with Crippen molar-refractivity contribution >= 4 is 27.1 Å². The number of nitro groups is 1. The Morgan fingerprint density at radius 2 is 1.65 bits per heavy atom. The van der Waals surface area contributed by atoms with Crippen molar-refractivity contribution in [2.24, 2.45) is 0 Å². The number of nitrogens with one attached hydrogen (secondary N) is 1. The molecule has 0 radical (unpaired) electrons. The van der Waals surface area contributed by atoms with Gasteiger partial charge < -0.3 is 5.32 Å². The maximum atomic E-state index is 13.2. The van der Waals surface area contributed by atoms with Crippen LogP contribution in [0.2, 0.25) is 0 Å². The molecule has 0 aromatic heterocycles. The molecule has 7 nitrogen and oxygen atoms in total. The number of rotatable bonds is 4. The lowest BCUT2D eigenvalue weighted by atomic mass is 10.2. The first kappa shape index (κ1) is 19.3. The number of carbonyl (C=O) groups excluding carboxylic acids is 1. The molecule has 0 aliphatic heterocycles. The molecule has 2 aromatic carbocycles. The largest absolute Gasteiger partial charge is 0.501 e. The Morgan fingerprint density at radius 3 is 2.15 bits per heavy atom. The van der Waals surface area contributed by atoms with E-state index in [1.165, 1.54) is 0 Å². The fourth-order valence-corrected chi connectivity index (χ4v) is 2.61. The van der Waals surface area contributed by atoms with Gasteiger partial charge in [0.25, 0.3) is 15.7 Å². The number of benzene rings is 2. The maximum absolute atomic E-state index is 13.2. The first-order valence-electron chi connectivity index (χ1n) is 6.60. The van der Waals surface area contributed by atoms with E-state index < -0.39 is 42.6 Å². The van der Waals surface area contributed by atoms with E-state index in [9.17, 15) is 40.9 Å². The van der Waals surface area contributed by atoms with Crippen LogP contribution in [0.15, 0.2) is 47.4 Å². The summed E-state index contributed by atoms with van der Waals surface area (Å²) in [5, 5.41) is 12.8. The van der Waals surface area contributed by atoms with Gasteiger partial charge in [-0.1, -0.05) is 0 Å². The van der Waals surface area contributed by atoms with E-state index in [0.717, 1.165) is 30.3 Å². The zero-order chi connectivity index (χ0) is 19.7. The zero-order valence-electron chi connectivity index (χ0n) is 12.5. The highest BCUT2D eigenvalue weighted by atomic mass is 32.2. The van der Waals surface area contributed by atoms with Gasteiger partial charge in [0.05, 0.1) is 9.82 Å². The highest BCUT2D eigenvalue weighted by Gasteiger charge is 2.46. The van der Waals surface area contributed by atoms with Gasteiger partial charge in [-0.2, -0.15) is 17.6 Å². The molecule has 2 rings (SSSR count). The molecule has 138 valence electrons. The first-order valence-corrected chi connectivity index (χ1v) is 8.08. The van der Waals surface area contributed by atoms with Crippen molar-refractivity contribution in [2.45, 2.75) is 10.4 Å². The van der Waals surface area contributed by atoms with E-state index in [2.05, 4.69) is 5.32 Å². The third-order valence-electron chi connectivity index (χ3n) is 3.13. The normalized spacial score (nSPS) is 11.8. The summed E-state index contributed by atoms with van der Waals surface area (Å²) in [6, 6.07) is 5.44. The molecular formula is C14H8F4N2O5S. The van der Waals surface area contributed by atoms with Crippen LogP contribution in [0, 0.1) is 15.9 Å². The Morgan fingerprint density at radius 1 is 1.08 bits per heavy atom. The minimum atomic E-state index is -5.55. The number of carbonyl (C=O) groups is 1. The SMILES string of the molecule is O=C(Nc1ccc(F)c([N+](=O)[O-])c1)c1ccc(S(=O)(=O)C(F)(F)F)cc1. The van der Waals surface area contributed by atoms with Crippen LogP contribution in [0.25, 0.3) is 0 Å². The van der Waals surface area contributed by atoms with Gasteiger partial charge in [0.15, 0.2) is 0 Å². The van der Waals surface area contributed by atoms with Crippen LogP contribution in [0.3, 0.4) is 0 Å². The molecule has 0 aliphatic carbocycles. The second kappa shape index (κ2) is 6.71. The summed E-state index contributed by atoms with van der Waals surface area (Å²) in [6.07, 6.45) is 0. The second-order valence-corrected chi connectivity index (χ2v) is 6.79. The number of sulfone groups is 1. The van der Waals surface area contributed by atoms with Gasteiger partial charge in [0, 0.05) is 17.3 Å². The van der Waals surface area contributed by atoms with Gasteiger partial charge >= 0.3 is 11.2 Å². The smallest absolute Gasteiger partial charge is 0.322 e. The summed E-state index contributed by atoms with van der Waals surface area (Å²) in [7, 11) is -5.55. The maximum Gasteiger partial charge on any atom is 0.501 e. The molecule has 12 heteroatoms. The summed E-state index contributed by atoms with van der Waals surface area (Å²) in [5.41, 5.74) is -6.70. The molecule has 0 heterocycles. The van der Waals surface area contributed by atoms with E-state index in [1.54, 1.807) is 0 Å². The average molecular weight is 392 g/mol. The van der Waals surface area contributed by atoms with Crippen molar-refractivity contribution < 1.29 is 35.7 Å². The fourth-order valence-electron chi connectivity index (χ4n) is 1.85. The molecule has 0 spiro atoms. The molecule has 0 saturated heterocycles. The predicted octanol–water partition coefficient (Wildman–Crippen LogP) is 3.28. The van der Waals surface area contributed by atoms with Crippen LogP contribution in [0.4, 0.5) is 28.9 Å². The number of amides is 1. The van der Waals surface area contributed by atoms with Crippen LogP contribution in [0.1, 0.15) is 10.4 Å². The molecule has 0 fully saturated rings. The highest BCUT2D eigenvalue weighted by molar-refractivity contribution is 7.92. The van der Waals surface area contributed by atoms with Gasteiger partial charge in [0.1, 0.15) is 0 Å². The number of anilines is 1. The molecule has 0 saturated carbocycles. The van der Waals surface area contributed by atoms with Gasteiger partial charge in [0.2, 0.25) is 5.82 Å². The lowest BCUT2D eigenvalue weighted by Crippen LogP contribution is -2.23. The van der Waals surface area contributed by atoms with E-state index in [-0.39, 0.29) is 11.3 Å². The van der Waals surface area contributed by atoms with Crippen LogP contribution < -0.4 is 5.32 Å². The summed E-state index contributed by atoms with van der Waals surface area (Å²) in [4.78, 5) is 20.6. The molecule has 2 aromatic rings. The molecule has 0 unspecified atom stereocenters. The summed E-state index contributed by atoms with van der Waals surface area (Å²) in [5.74, 6) is -2.00. The van der Waals surface area contributed by atoms with Crippen molar-refractivity contribution in [1.82, 2.24) is 0 Å². The Labute approximate surface area is 143 Å². The molecule has 0 aliphatic rings. The lowest BCUT2D eigenvalue weighted by molar-refractivity contribution is -0.387. The fraction of sp³-hybridized carbons (Fsp3) is 0.0714. The van der Waals surface area contributed by atoms with Crippen molar-refractivity contribution in [1.29, 1.82) is 0 Å². The number of hydrogen-bond donors (Lipinski definition) is 1. The predicted molar refractivity (Wildman–Crippen MR) is 80.7 cm³/mol. The molecule has 0 atom stereocenters. The molecule has 1 N–H and O–H groups in total. The van der Waals surface area contributed by atoms with Gasteiger partial charge in [-0.3, -0.25) is 14.9 Å². The van der Waals surface area contributed by atoms with Crippen LogP contribution in [-0.2, 0) is 9.84 Å². The van der Waals surface area contributed by atoms with Crippen molar-refractivity contribution in [2.75, 3.05) is 5.32 Å². The minimum absolute atomic E-state index is 0.130. The minimum Gasteiger partial charge on any atom is -0.322 e. The highest BCUT2D eigenvalue weighted by Crippen LogP contribution is 2.30. The Balaban J connectivity index is 2.24. The van der Waals surface area contributed by atoms with Crippen LogP contribution >= 0.6 is 0 Å². The first-order chi connectivity index (χ1) is 11.9. The quantitative estimate of drug-likeness (QED) is 0.488. The summed E-state index contributed by atoms with van der Waals surface area (Å²) in [6.45, 7) is 0. The number of nitro benzene ring substituents is 1. The molecule has 0 bridgehead atoms. The molecule has 1 amide bonds. The van der Waals surface area contributed by atoms with Gasteiger partial charge in [-0.05, 0) is 36.4 Å². The van der Waals surface area contributed by atoms with Crippen molar-refractivity contribution in [3.8, 4) is 0 Å². The second-order valence-electron chi connectivity index (χ2n) is 4.85. The number of alkyl halides is 3.